The van der Waals surface area contributed by atoms with Crippen molar-refractivity contribution >= 4 is 33.3 Å². The number of ether oxygens (including phenoxy) is 2. The third kappa shape index (κ3) is 4.64. The van der Waals surface area contributed by atoms with Gasteiger partial charge in [0.1, 0.15) is 16.9 Å². The largest absolute Gasteiger partial charge is 0.396 e. The lowest BCUT2D eigenvalue weighted by Crippen LogP contribution is -2.46. The van der Waals surface area contributed by atoms with Crippen molar-refractivity contribution in [3.63, 3.8) is 0 Å². The van der Waals surface area contributed by atoms with Crippen molar-refractivity contribution in [2.24, 2.45) is 5.92 Å². The first-order chi connectivity index (χ1) is 18.2. The minimum Gasteiger partial charge on any atom is -0.396 e. The molecule has 2 aliphatic rings. The lowest BCUT2D eigenvalue weighted by atomic mass is 10.0. The van der Waals surface area contributed by atoms with Crippen molar-refractivity contribution in [1.29, 1.82) is 0 Å². The van der Waals surface area contributed by atoms with Crippen LogP contribution in [0.5, 0.6) is 0 Å². The van der Waals surface area contributed by atoms with E-state index in [-0.39, 0.29) is 18.6 Å². The summed E-state index contributed by atoms with van der Waals surface area (Å²) in [5, 5.41) is 18.0. The van der Waals surface area contributed by atoms with Gasteiger partial charge in [-0.25, -0.2) is 9.97 Å². The number of aliphatic hydroxyl groups excluding tert-OH is 1. The molecule has 198 valence electrons. The summed E-state index contributed by atoms with van der Waals surface area (Å²) in [5.74, 6) is 0.375. The second-order valence-electron chi connectivity index (χ2n) is 10.7. The van der Waals surface area contributed by atoms with Gasteiger partial charge in [-0.3, -0.25) is 0 Å². The molecule has 8 nitrogen and oxygen atoms in total. The maximum atomic E-state index is 10.1. The summed E-state index contributed by atoms with van der Waals surface area (Å²) in [6, 6.07) is 16.5. The van der Waals surface area contributed by atoms with Crippen molar-refractivity contribution in [2.45, 2.75) is 64.7 Å². The van der Waals surface area contributed by atoms with E-state index in [4.69, 9.17) is 24.4 Å². The Kier molecular flexibility index (Phi) is 6.34. The Morgan fingerprint density at radius 3 is 2.71 bits per heavy atom. The SMILES string of the molecule is Cc1cccc(CNc2nc(C)c(-c3nc4ccccc4s3)c(NC34CCC(CO)C3OC(C)(C)O4)n2)c1. The summed E-state index contributed by atoms with van der Waals surface area (Å²) < 4.78 is 13.9. The van der Waals surface area contributed by atoms with Crippen LogP contribution in [0.1, 0.15) is 43.5 Å². The highest BCUT2D eigenvalue weighted by Gasteiger charge is 2.60. The van der Waals surface area contributed by atoms with Gasteiger partial charge in [0.05, 0.1) is 21.5 Å². The third-order valence-electron chi connectivity index (χ3n) is 7.31. The smallest absolute Gasteiger partial charge is 0.225 e. The number of rotatable bonds is 7. The topological polar surface area (TPSA) is 101 Å². The number of nitrogens with one attached hydrogen (secondary N) is 2. The number of thiazole rings is 1. The van der Waals surface area contributed by atoms with Crippen LogP contribution >= 0.6 is 11.3 Å². The molecular formula is C29H33N5O3S. The molecule has 1 aliphatic heterocycles. The van der Waals surface area contributed by atoms with Crippen LogP contribution < -0.4 is 10.6 Å². The molecule has 4 aromatic rings. The summed E-state index contributed by atoms with van der Waals surface area (Å²) >= 11 is 1.62. The summed E-state index contributed by atoms with van der Waals surface area (Å²) in [6.07, 6.45) is 1.19. The first kappa shape index (κ1) is 25.2. The van der Waals surface area contributed by atoms with Crippen molar-refractivity contribution in [3.05, 3.63) is 65.4 Å². The van der Waals surface area contributed by atoms with Crippen LogP contribution in [-0.4, -0.2) is 44.3 Å². The van der Waals surface area contributed by atoms with Crippen LogP contribution in [0.15, 0.2) is 48.5 Å². The Morgan fingerprint density at radius 1 is 1.08 bits per heavy atom. The van der Waals surface area contributed by atoms with E-state index in [9.17, 15) is 5.11 Å². The van der Waals surface area contributed by atoms with E-state index in [1.165, 1.54) is 5.56 Å². The Bertz CT molecular complexity index is 1460. The maximum absolute atomic E-state index is 10.1. The number of aryl methyl sites for hydroxylation is 2. The number of anilines is 2. The van der Waals surface area contributed by atoms with Gasteiger partial charge in [0.15, 0.2) is 11.5 Å². The first-order valence-corrected chi connectivity index (χ1v) is 13.9. The fourth-order valence-electron chi connectivity index (χ4n) is 5.67. The zero-order valence-corrected chi connectivity index (χ0v) is 22.9. The molecule has 3 heterocycles. The van der Waals surface area contributed by atoms with Gasteiger partial charge in [0.2, 0.25) is 5.95 Å². The minimum absolute atomic E-state index is 0.0166. The highest BCUT2D eigenvalue weighted by Crippen LogP contribution is 2.50. The number of para-hydroxylation sites is 1. The van der Waals surface area contributed by atoms with Crippen molar-refractivity contribution in [1.82, 2.24) is 15.0 Å². The lowest BCUT2D eigenvalue weighted by molar-refractivity contribution is -0.168. The van der Waals surface area contributed by atoms with Crippen LogP contribution in [0.25, 0.3) is 20.8 Å². The third-order valence-corrected chi connectivity index (χ3v) is 8.36. The van der Waals surface area contributed by atoms with Crippen molar-refractivity contribution in [2.75, 3.05) is 17.2 Å². The summed E-state index contributed by atoms with van der Waals surface area (Å²) in [6.45, 7) is 8.55. The summed E-state index contributed by atoms with van der Waals surface area (Å²) in [5.41, 5.74) is 4.17. The molecule has 1 saturated carbocycles. The monoisotopic (exact) mass is 531 g/mol. The summed E-state index contributed by atoms with van der Waals surface area (Å²) in [4.78, 5) is 14.7. The molecule has 3 unspecified atom stereocenters. The van der Waals surface area contributed by atoms with Crippen LogP contribution in [0.3, 0.4) is 0 Å². The maximum Gasteiger partial charge on any atom is 0.225 e. The van der Waals surface area contributed by atoms with Gasteiger partial charge in [-0.1, -0.05) is 42.0 Å². The normalized spacial score (nSPS) is 24.0. The van der Waals surface area contributed by atoms with Crippen molar-refractivity contribution < 1.29 is 14.6 Å². The van der Waals surface area contributed by atoms with Gasteiger partial charge < -0.3 is 25.2 Å². The number of aromatic nitrogens is 3. The minimum atomic E-state index is -0.809. The standard InChI is InChI=1S/C29H33N5O3S/c1-17-8-7-9-19(14-17)15-30-27-31-18(2)23(26-32-21-10-5-6-11-22(21)38-26)25(33-27)34-29-13-12-20(16-35)24(29)36-28(3,4)37-29/h5-11,14,20,24,35H,12-13,15-16H2,1-4H3,(H2,30,31,33,34). The quantitative estimate of drug-likeness (QED) is 0.282. The Balaban J connectivity index is 1.41. The lowest BCUT2D eigenvalue weighted by Gasteiger charge is -2.31. The van der Waals surface area contributed by atoms with Gasteiger partial charge in [0, 0.05) is 19.1 Å². The molecular weight excluding hydrogens is 498 g/mol. The van der Waals surface area contributed by atoms with Gasteiger partial charge in [-0.15, -0.1) is 11.3 Å². The van der Waals surface area contributed by atoms with Crippen LogP contribution in [-0.2, 0) is 16.0 Å². The van der Waals surface area contributed by atoms with E-state index in [1.807, 2.05) is 39.0 Å². The number of hydrogen-bond donors (Lipinski definition) is 3. The molecule has 2 fully saturated rings. The van der Waals surface area contributed by atoms with Gasteiger partial charge in [-0.2, -0.15) is 4.98 Å². The van der Waals surface area contributed by atoms with Crippen LogP contribution in [0, 0.1) is 19.8 Å². The van der Waals surface area contributed by atoms with E-state index in [1.54, 1.807) is 11.3 Å². The molecule has 2 aromatic heterocycles. The van der Waals surface area contributed by atoms with E-state index >= 15 is 0 Å². The number of hydrogen-bond acceptors (Lipinski definition) is 9. The molecule has 3 N–H and O–H groups in total. The summed E-state index contributed by atoms with van der Waals surface area (Å²) in [7, 11) is 0. The van der Waals surface area contributed by atoms with Gasteiger partial charge >= 0.3 is 0 Å². The van der Waals surface area contributed by atoms with E-state index in [0.29, 0.717) is 24.7 Å². The second kappa shape index (κ2) is 9.57. The number of benzene rings is 2. The fourth-order valence-corrected chi connectivity index (χ4v) is 6.73. The van der Waals surface area contributed by atoms with E-state index in [2.05, 4.69) is 47.9 Å². The fraction of sp³-hybridized carbons (Fsp3) is 0.414. The van der Waals surface area contributed by atoms with E-state index < -0.39 is 11.5 Å². The molecule has 0 radical (unpaired) electrons. The highest BCUT2D eigenvalue weighted by atomic mass is 32.1. The molecule has 1 saturated heterocycles. The first-order valence-electron chi connectivity index (χ1n) is 13.1. The Hall–Kier alpha value is -3.11. The predicted molar refractivity (Wildman–Crippen MR) is 150 cm³/mol. The zero-order valence-electron chi connectivity index (χ0n) is 22.1. The zero-order chi connectivity index (χ0) is 26.5. The van der Waals surface area contributed by atoms with E-state index in [0.717, 1.165) is 38.5 Å². The van der Waals surface area contributed by atoms with Gasteiger partial charge in [0.25, 0.3) is 0 Å². The molecule has 0 amide bonds. The molecule has 38 heavy (non-hydrogen) atoms. The molecule has 2 aromatic carbocycles. The number of nitrogens with zero attached hydrogens (tertiary/aromatic N) is 3. The molecule has 3 atom stereocenters. The average Bonchev–Trinajstić information content (AvgIpc) is 3.50. The average molecular weight is 532 g/mol. The Labute approximate surface area is 226 Å². The van der Waals surface area contributed by atoms with Crippen molar-refractivity contribution in [3.8, 4) is 10.6 Å². The predicted octanol–water partition coefficient (Wildman–Crippen LogP) is 5.64. The van der Waals surface area contributed by atoms with Crippen LogP contribution in [0.4, 0.5) is 11.8 Å². The van der Waals surface area contributed by atoms with Gasteiger partial charge in [-0.05, 0) is 58.2 Å². The molecule has 6 rings (SSSR count). The number of aliphatic hydroxyl groups is 1. The molecule has 0 bridgehead atoms. The van der Waals surface area contributed by atoms with Crippen LogP contribution in [0.2, 0.25) is 0 Å². The number of fused-ring (bicyclic) bond motifs is 2. The molecule has 1 aliphatic carbocycles. The highest BCUT2D eigenvalue weighted by molar-refractivity contribution is 7.21. The Morgan fingerprint density at radius 2 is 1.92 bits per heavy atom. The second-order valence-corrected chi connectivity index (χ2v) is 11.8. The molecule has 0 spiro atoms. The molecule has 9 heteroatoms.